The molecule has 0 fully saturated rings. The Morgan fingerprint density at radius 2 is 1.03 bits per heavy atom. The fourth-order valence-corrected chi connectivity index (χ4v) is 4.26. The van der Waals surface area contributed by atoms with Crippen LogP contribution in [0.5, 0.6) is 0 Å². The molecule has 2 aromatic heterocycles. The molecule has 0 N–H and O–H groups in total. The normalized spacial score (nSPS) is 11.2. The van der Waals surface area contributed by atoms with Crippen LogP contribution in [-0.2, 0) is 0 Å². The maximum Gasteiger partial charge on any atom is 0.134 e. The molecule has 3 aromatic carbocycles. The fourth-order valence-electron chi connectivity index (χ4n) is 4.13. The number of hydrogen-bond donors (Lipinski definition) is 0. The molecule has 158 valence electrons. The van der Waals surface area contributed by atoms with Gasteiger partial charge in [0.05, 0.1) is 0 Å². The Morgan fingerprint density at radius 3 is 1.47 bits per heavy atom. The van der Waals surface area contributed by atoms with E-state index in [1.807, 2.05) is 60.7 Å². The lowest BCUT2D eigenvalue weighted by Crippen LogP contribution is -2.04. The largest absolute Gasteiger partial charge is 0.460 e. The topological polar surface area (TPSA) is 26.3 Å². The van der Waals surface area contributed by atoms with Gasteiger partial charge in [-0.2, -0.15) is 0 Å². The highest BCUT2D eigenvalue weighted by atomic mass is 35.5. The number of aryl methyl sites for hydroxylation is 2. The highest BCUT2D eigenvalue weighted by Crippen LogP contribution is 2.41. The summed E-state index contributed by atoms with van der Waals surface area (Å²) in [6.45, 7) is 4.18. The summed E-state index contributed by atoms with van der Waals surface area (Å²) < 4.78 is 13.0. The average molecular weight is 439 g/mol. The standard InChI is InChI=1S/C29H23ClO2/c1-19-17-25(21-9-5-3-6-10-21)31-28(19)27(23-13-15-24(30)16-14-23)29-20(2)18-26(32-29)22-11-7-4-8-12-22/h3-18,27H,1-2H3. The first kappa shape index (κ1) is 20.4. The molecule has 0 saturated carbocycles. The van der Waals surface area contributed by atoms with Crippen molar-refractivity contribution in [1.29, 1.82) is 0 Å². The van der Waals surface area contributed by atoms with Crippen LogP contribution >= 0.6 is 11.6 Å². The first-order valence-corrected chi connectivity index (χ1v) is 11.0. The summed E-state index contributed by atoms with van der Waals surface area (Å²) in [7, 11) is 0. The van der Waals surface area contributed by atoms with Crippen LogP contribution in [0.3, 0.4) is 0 Å². The van der Waals surface area contributed by atoms with Crippen molar-refractivity contribution in [3.63, 3.8) is 0 Å². The van der Waals surface area contributed by atoms with Crippen LogP contribution < -0.4 is 0 Å². The molecule has 0 aliphatic rings. The molecule has 2 heterocycles. The van der Waals surface area contributed by atoms with E-state index in [9.17, 15) is 0 Å². The molecule has 3 heteroatoms. The van der Waals surface area contributed by atoms with E-state index < -0.39 is 0 Å². The summed E-state index contributed by atoms with van der Waals surface area (Å²) in [6, 6.07) is 32.5. The molecule has 0 spiro atoms. The van der Waals surface area contributed by atoms with E-state index in [1.165, 1.54) is 0 Å². The Morgan fingerprint density at radius 1 is 0.594 bits per heavy atom. The Kier molecular flexibility index (Phi) is 5.46. The van der Waals surface area contributed by atoms with Crippen molar-refractivity contribution in [2.45, 2.75) is 19.8 Å². The first-order valence-electron chi connectivity index (χ1n) is 10.7. The summed E-state index contributed by atoms with van der Waals surface area (Å²) in [5, 5.41) is 0.704. The van der Waals surface area contributed by atoms with Crippen LogP contribution in [0.4, 0.5) is 0 Å². The Bertz CT molecular complexity index is 1250. The van der Waals surface area contributed by atoms with Gasteiger partial charge in [0.15, 0.2) is 0 Å². The van der Waals surface area contributed by atoms with E-state index in [0.29, 0.717) is 5.02 Å². The quantitative estimate of drug-likeness (QED) is 0.274. The molecule has 2 nitrogen and oxygen atoms in total. The second-order valence-corrected chi connectivity index (χ2v) is 8.47. The summed E-state index contributed by atoms with van der Waals surface area (Å²) in [4.78, 5) is 0. The van der Waals surface area contributed by atoms with Gasteiger partial charge >= 0.3 is 0 Å². The molecule has 5 rings (SSSR count). The summed E-state index contributed by atoms with van der Waals surface area (Å²) in [5.41, 5.74) is 5.35. The van der Waals surface area contributed by atoms with Crippen LogP contribution in [0.2, 0.25) is 5.02 Å². The lowest BCUT2D eigenvalue weighted by molar-refractivity contribution is 0.457. The number of benzene rings is 3. The molecular weight excluding hydrogens is 416 g/mol. The van der Waals surface area contributed by atoms with Gasteiger partial charge in [0.2, 0.25) is 0 Å². The van der Waals surface area contributed by atoms with Crippen molar-refractivity contribution in [3.05, 3.63) is 130 Å². The Hall–Kier alpha value is -3.49. The van der Waals surface area contributed by atoms with Crippen molar-refractivity contribution in [1.82, 2.24) is 0 Å². The minimum atomic E-state index is -0.179. The number of halogens is 1. The molecule has 5 aromatic rings. The summed E-state index contributed by atoms with van der Waals surface area (Å²) in [5.74, 6) is 3.28. The lowest BCUT2D eigenvalue weighted by Gasteiger charge is -2.16. The molecule has 0 amide bonds. The summed E-state index contributed by atoms with van der Waals surface area (Å²) >= 11 is 6.19. The third kappa shape index (κ3) is 3.90. The second-order valence-electron chi connectivity index (χ2n) is 8.03. The van der Waals surface area contributed by atoms with E-state index in [-0.39, 0.29) is 5.92 Å². The van der Waals surface area contributed by atoms with Gasteiger partial charge in [0, 0.05) is 16.1 Å². The second kappa shape index (κ2) is 8.57. The van der Waals surface area contributed by atoms with Gasteiger partial charge < -0.3 is 8.83 Å². The molecular formula is C29H23ClO2. The van der Waals surface area contributed by atoms with Crippen LogP contribution in [-0.4, -0.2) is 0 Å². The van der Waals surface area contributed by atoms with Gasteiger partial charge in [-0.3, -0.25) is 0 Å². The third-order valence-corrected chi connectivity index (χ3v) is 6.01. The zero-order valence-corrected chi connectivity index (χ0v) is 18.8. The number of rotatable bonds is 5. The van der Waals surface area contributed by atoms with Gasteiger partial charge in [-0.15, -0.1) is 0 Å². The minimum absolute atomic E-state index is 0.179. The van der Waals surface area contributed by atoms with E-state index >= 15 is 0 Å². The maximum absolute atomic E-state index is 6.48. The van der Waals surface area contributed by atoms with E-state index in [2.05, 4.69) is 50.2 Å². The lowest BCUT2D eigenvalue weighted by atomic mass is 9.90. The van der Waals surface area contributed by atoms with Gasteiger partial charge in [-0.05, 0) is 54.8 Å². The molecule has 0 atom stereocenters. The zero-order valence-electron chi connectivity index (χ0n) is 18.0. The van der Waals surface area contributed by atoms with Crippen molar-refractivity contribution in [2.24, 2.45) is 0 Å². The summed E-state index contributed by atoms with van der Waals surface area (Å²) in [6.07, 6.45) is 0. The third-order valence-electron chi connectivity index (χ3n) is 5.76. The van der Waals surface area contributed by atoms with Crippen LogP contribution in [0.15, 0.2) is 106 Å². The van der Waals surface area contributed by atoms with Crippen molar-refractivity contribution < 1.29 is 8.83 Å². The smallest absolute Gasteiger partial charge is 0.134 e. The predicted molar refractivity (Wildman–Crippen MR) is 130 cm³/mol. The molecule has 0 unspecified atom stereocenters. The first-order chi connectivity index (χ1) is 15.6. The SMILES string of the molecule is Cc1cc(-c2ccccc2)oc1C(c1ccc(Cl)cc1)c1oc(-c2ccccc2)cc1C. The monoisotopic (exact) mass is 438 g/mol. The minimum Gasteiger partial charge on any atom is -0.460 e. The maximum atomic E-state index is 6.48. The van der Waals surface area contributed by atoms with Crippen LogP contribution in [0, 0.1) is 13.8 Å². The van der Waals surface area contributed by atoms with Crippen molar-refractivity contribution in [3.8, 4) is 22.6 Å². The van der Waals surface area contributed by atoms with Gasteiger partial charge in [-0.1, -0.05) is 84.4 Å². The van der Waals surface area contributed by atoms with E-state index in [4.69, 9.17) is 20.4 Å². The molecule has 0 radical (unpaired) electrons. The van der Waals surface area contributed by atoms with Crippen molar-refractivity contribution >= 4 is 11.6 Å². The van der Waals surface area contributed by atoms with E-state index in [1.54, 1.807) is 0 Å². The number of hydrogen-bond acceptors (Lipinski definition) is 2. The molecule has 0 aliphatic carbocycles. The molecule has 0 bridgehead atoms. The molecule has 0 aliphatic heterocycles. The van der Waals surface area contributed by atoms with Crippen molar-refractivity contribution in [2.75, 3.05) is 0 Å². The van der Waals surface area contributed by atoms with E-state index in [0.717, 1.165) is 50.9 Å². The van der Waals surface area contributed by atoms with Gasteiger partial charge in [0.25, 0.3) is 0 Å². The zero-order chi connectivity index (χ0) is 22.1. The van der Waals surface area contributed by atoms with Gasteiger partial charge in [0.1, 0.15) is 29.0 Å². The molecule has 0 saturated heterocycles. The molecule has 32 heavy (non-hydrogen) atoms. The predicted octanol–water partition coefficient (Wildman–Crippen LogP) is 8.66. The Labute approximate surface area is 193 Å². The average Bonchev–Trinajstić information content (AvgIpc) is 3.40. The highest BCUT2D eigenvalue weighted by Gasteiger charge is 2.28. The van der Waals surface area contributed by atoms with Crippen LogP contribution in [0.1, 0.15) is 34.1 Å². The highest BCUT2D eigenvalue weighted by molar-refractivity contribution is 6.30. The van der Waals surface area contributed by atoms with Gasteiger partial charge in [-0.25, -0.2) is 0 Å². The fraction of sp³-hybridized carbons (Fsp3) is 0.103. The Balaban J connectivity index is 1.66. The number of furan rings is 2. The van der Waals surface area contributed by atoms with Crippen LogP contribution in [0.25, 0.3) is 22.6 Å².